The lowest BCUT2D eigenvalue weighted by atomic mass is 9.82. The van der Waals surface area contributed by atoms with Gasteiger partial charge in [0.15, 0.2) is 5.60 Å². The summed E-state index contributed by atoms with van der Waals surface area (Å²) in [4.78, 5) is 43.3. The van der Waals surface area contributed by atoms with Crippen molar-refractivity contribution in [1.29, 1.82) is 0 Å². The van der Waals surface area contributed by atoms with E-state index in [9.17, 15) is 24.6 Å². The number of methoxy groups -OCH3 is 1. The van der Waals surface area contributed by atoms with Crippen molar-refractivity contribution in [3.05, 3.63) is 56.9 Å². The highest BCUT2D eigenvalue weighted by molar-refractivity contribution is 6.02. The van der Waals surface area contributed by atoms with Gasteiger partial charge < -0.3 is 24.3 Å². The van der Waals surface area contributed by atoms with Crippen molar-refractivity contribution in [3.8, 4) is 17.1 Å². The molecule has 0 spiro atoms. The first-order valence-corrected chi connectivity index (χ1v) is 9.71. The number of aliphatic hydroxyl groups is 1. The SMILES string of the molecule is CC[C@@]1(O)C(=O)OCc2c1c(C(=O)OC)c1n(c2=O)Cc2cc3c(O)cccc3nc2-1. The number of ether oxygens (including phenoxy) is 2. The van der Waals surface area contributed by atoms with Gasteiger partial charge in [-0.1, -0.05) is 13.0 Å². The Morgan fingerprint density at radius 1 is 1.35 bits per heavy atom. The molecule has 2 aliphatic rings. The zero-order valence-electron chi connectivity index (χ0n) is 16.8. The van der Waals surface area contributed by atoms with E-state index in [4.69, 9.17) is 9.47 Å². The second kappa shape index (κ2) is 6.39. The largest absolute Gasteiger partial charge is 0.507 e. The number of fused-ring (bicyclic) bond motifs is 5. The molecule has 0 aliphatic carbocycles. The standard InChI is InChI=1S/C22H18N2O7/c1-3-22(29)16-12(9-31-21(22)28)19(26)24-8-10-7-11-13(5-4-6-14(11)25)23-17(10)18(24)15(16)20(27)30-2/h4-7,25,29H,3,8-9H2,1-2H3/t22-/m0/s1. The quantitative estimate of drug-likeness (QED) is 0.466. The van der Waals surface area contributed by atoms with E-state index >= 15 is 0 Å². The lowest BCUT2D eigenvalue weighted by Gasteiger charge is -2.33. The van der Waals surface area contributed by atoms with Crippen molar-refractivity contribution >= 4 is 22.8 Å². The monoisotopic (exact) mass is 422 g/mol. The maximum atomic E-state index is 13.3. The van der Waals surface area contributed by atoms with Gasteiger partial charge in [-0.15, -0.1) is 0 Å². The topological polar surface area (TPSA) is 128 Å². The lowest BCUT2D eigenvalue weighted by molar-refractivity contribution is -0.172. The van der Waals surface area contributed by atoms with Crippen molar-refractivity contribution < 1.29 is 29.3 Å². The van der Waals surface area contributed by atoms with Crippen LogP contribution in [0.5, 0.6) is 5.75 Å². The summed E-state index contributed by atoms with van der Waals surface area (Å²) in [5.74, 6) is -1.68. The van der Waals surface area contributed by atoms with Crippen LogP contribution in [0.25, 0.3) is 22.3 Å². The maximum absolute atomic E-state index is 13.3. The molecule has 0 unspecified atom stereocenters. The third-order valence-electron chi connectivity index (χ3n) is 6.03. The molecule has 0 fully saturated rings. The molecule has 2 aromatic heterocycles. The molecule has 0 radical (unpaired) electrons. The van der Waals surface area contributed by atoms with Gasteiger partial charge in [0.05, 0.1) is 41.7 Å². The van der Waals surface area contributed by atoms with E-state index in [1.165, 1.54) is 17.7 Å². The molecule has 3 aromatic rings. The van der Waals surface area contributed by atoms with Gasteiger partial charge in [-0.25, -0.2) is 14.6 Å². The Balaban J connectivity index is 1.94. The molecule has 31 heavy (non-hydrogen) atoms. The fourth-order valence-electron chi connectivity index (χ4n) is 4.46. The van der Waals surface area contributed by atoms with Crippen molar-refractivity contribution in [3.63, 3.8) is 0 Å². The molecule has 1 atom stereocenters. The van der Waals surface area contributed by atoms with E-state index in [1.807, 2.05) is 0 Å². The van der Waals surface area contributed by atoms with Crippen LogP contribution in [0, 0.1) is 0 Å². The van der Waals surface area contributed by atoms with Crippen molar-refractivity contribution in [2.24, 2.45) is 0 Å². The molecular formula is C22H18N2O7. The van der Waals surface area contributed by atoms with Crippen molar-refractivity contribution in [2.75, 3.05) is 7.11 Å². The van der Waals surface area contributed by atoms with Crippen LogP contribution in [-0.2, 0) is 33.0 Å². The first-order chi connectivity index (χ1) is 14.8. The summed E-state index contributed by atoms with van der Waals surface area (Å²) in [6.07, 6.45) is -0.0996. The number of aromatic nitrogens is 2. The molecule has 9 heteroatoms. The van der Waals surface area contributed by atoms with Crippen LogP contribution in [0.4, 0.5) is 0 Å². The smallest absolute Gasteiger partial charge is 0.343 e. The molecule has 2 N–H and O–H groups in total. The van der Waals surface area contributed by atoms with Crippen LogP contribution >= 0.6 is 0 Å². The number of aromatic hydroxyl groups is 1. The summed E-state index contributed by atoms with van der Waals surface area (Å²) in [6.45, 7) is 1.31. The lowest BCUT2D eigenvalue weighted by Crippen LogP contribution is -2.46. The highest BCUT2D eigenvalue weighted by Crippen LogP contribution is 2.43. The summed E-state index contributed by atoms with van der Waals surface area (Å²) in [7, 11) is 1.19. The predicted octanol–water partition coefficient (Wildman–Crippen LogP) is 1.57. The zero-order valence-corrected chi connectivity index (χ0v) is 16.8. The van der Waals surface area contributed by atoms with Crippen LogP contribution < -0.4 is 5.56 Å². The Kier molecular flexibility index (Phi) is 3.97. The first-order valence-electron chi connectivity index (χ1n) is 9.71. The highest BCUT2D eigenvalue weighted by atomic mass is 16.6. The van der Waals surface area contributed by atoms with Gasteiger partial charge in [-0.3, -0.25) is 4.79 Å². The number of benzene rings is 1. The molecule has 0 bridgehead atoms. The summed E-state index contributed by atoms with van der Waals surface area (Å²) in [5, 5.41) is 21.9. The first kappa shape index (κ1) is 19.3. The molecule has 1 aromatic carbocycles. The fourth-order valence-corrected chi connectivity index (χ4v) is 4.46. The predicted molar refractivity (Wildman–Crippen MR) is 108 cm³/mol. The third-order valence-corrected chi connectivity index (χ3v) is 6.03. The van der Waals surface area contributed by atoms with E-state index in [0.717, 1.165) is 0 Å². The maximum Gasteiger partial charge on any atom is 0.343 e. The molecule has 0 saturated carbocycles. The van der Waals surface area contributed by atoms with Crippen LogP contribution in [0.2, 0.25) is 0 Å². The molecule has 0 amide bonds. The van der Waals surface area contributed by atoms with E-state index in [0.29, 0.717) is 22.2 Å². The number of pyridine rings is 2. The van der Waals surface area contributed by atoms with Gasteiger partial charge in [0, 0.05) is 16.5 Å². The Bertz CT molecular complexity index is 1370. The molecule has 158 valence electrons. The van der Waals surface area contributed by atoms with Gasteiger partial charge in [-0.05, 0) is 24.6 Å². The Labute approximate surface area is 175 Å². The second-order valence-electron chi connectivity index (χ2n) is 7.59. The van der Waals surface area contributed by atoms with E-state index in [-0.39, 0.29) is 47.7 Å². The molecule has 4 heterocycles. The molecule has 5 rings (SSSR count). The number of carbonyl (C=O) groups excluding carboxylic acids is 2. The van der Waals surface area contributed by atoms with Crippen molar-refractivity contribution in [2.45, 2.75) is 32.1 Å². The molecular weight excluding hydrogens is 404 g/mol. The third kappa shape index (κ3) is 2.40. The summed E-state index contributed by atoms with van der Waals surface area (Å²) < 4.78 is 11.4. The van der Waals surface area contributed by atoms with Gasteiger partial charge >= 0.3 is 11.9 Å². The Morgan fingerprint density at radius 2 is 2.13 bits per heavy atom. The summed E-state index contributed by atoms with van der Waals surface area (Å²) in [6, 6.07) is 6.59. The zero-order chi connectivity index (χ0) is 22.1. The number of hydrogen-bond donors (Lipinski definition) is 2. The Morgan fingerprint density at radius 3 is 2.84 bits per heavy atom. The average Bonchev–Trinajstić information content (AvgIpc) is 3.14. The minimum Gasteiger partial charge on any atom is -0.507 e. The Hall–Kier alpha value is -3.72. The average molecular weight is 422 g/mol. The molecule has 2 aliphatic heterocycles. The number of phenolic OH excluding ortho intramolecular Hbond substituents is 1. The summed E-state index contributed by atoms with van der Waals surface area (Å²) >= 11 is 0. The van der Waals surface area contributed by atoms with Crippen LogP contribution in [0.3, 0.4) is 0 Å². The number of carbonyl (C=O) groups is 2. The van der Waals surface area contributed by atoms with E-state index in [2.05, 4.69) is 4.98 Å². The van der Waals surface area contributed by atoms with E-state index in [1.54, 1.807) is 25.1 Å². The minimum absolute atomic E-state index is 0.0355. The van der Waals surface area contributed by atoms with E-state index < -0.39 is 23.1 Å². The number of esters is 2. The van der Waals surface area contributed by atoms with Gasteiger partial charge in [0.1, 0.15) is 12.4 Å². The van der Waals surface area contributed by atoms with Crippen LogP contribution in [0.1, 0.15) is 40.4 Å². The normalized spacial score (nSPS) is 18.9. The fraction of sp³-hybridized carbons (Fsp3) is 0.273. The van der Waals surface area contributed by atoms with Gasteiger partial charge in [0.25, 0.3) is 5.56 Å². The second-order valence-corrected chi connectivity index (χ2v) is 7.59. The molecule has 0 saturated heterocycles. The highest BCUT2D eigenvalue weighted by Gasteiger charge is 2.49. The number of rotatable bonds is 2. The minimum atomic E-state index is -2.16. The number of hydrogen-bond acceptors (Lipinski definition) is 8. The number of nitrogens with zero attached hydrogens (tertiary/aromatic N) is 2. The number of cyclic esters (lactones) is 1. The van der Waals surface area contributed by atoms with Gasteiger partial charge in [-0.2, -0.15) is 0 Å². The van der Waals surface area contributed by atoms with Gasteiger partial charge in [0.2, 0.25) is 0 Å². The van der Waals surface area contributed by atoms with Crippen LogP contribution in [-0.4, -0.2) is 38.8 Å². The van der Waals surface area contributed by atoms with Crippen molar-refractivity contribution in [1.82, 2.24) is 9.55 Å². The summed E-state index contributed by atoms with van der Waals surface area (Å²) in [5.41, 5.74) is -1.15. The van der Waals surface area contributed by atoms with Crippen LogP contribution in [0.15, 0.2) is 29.1 Å². The number of phenols is 1. The molecule has 9 nitrogen and oxygen atoms in total.